The van der Waals surface area contributed by atoms with Crippen molar-refractivity contribution in [3.63, 3.8) is 0 Å². The molecule has 0 spiro atoms. The van der Waals surface area contributed by atoms with Crippen molar-refractivity contribution in [1.29, 1.82) is 0 Å². The fourth-order valence-electron chi connectivity index (χ4n) is 5.47. The molecule has 0 radical (unpaired) electrons. The number of hydrogen-bond donors (Lipinski definition) is 0. The maximum Gasteiger partial charge on any atom is 0.0961 e. The first-order valence-electron chi connectivity index (χ1n) is 11.2. The summed E-state index contributed by atoms with van der Waals surface area (Å²) in [7, 11) is 0. The molecule has 2 aromatic rings. The largest absolute Gasteiger partial charge is 0.338 e. The molecule has 0 N–H and O–H groups in total. The highest BCUT2D eigenvalue weighted by Crippen LogP contribution is 2.52. The minimum atomic E-state index is -0.455. The normalized spacial score (nSPS) is 28.1. The summed E-state index contributed by atoms with van der Waals surface area (Å²) < 4.78 is 9.38. The van der Waals surface area contributed by atoms with Crippen molar-refractivity contribution in [1.82, 2.24) is 4.90 Å². The first kappa shape index (κ1) is 16.5. The Bertz CT molecular complexity index is 958. The minimum Gasteiger partial charge on any atom is -0.338 e. The van der Waals surface area contributed by atoms with E-state index in [0.717, 1.165) is 5.69 Å². The van der Waals surface area contributed by atoms with Crippen molar-refractivity contribution < 1.29 is 1.37 Å². The highest BCUT2D eigenvalue weighted by Gasteiger charge is 2.50. The molecule has 2 heteroatoms. The summed E-state index contributed by atoms with van der Waals surface area (Å²) in [6.45, 7) is 3.86. The average molecular weight is 372 g/mol. The molecule has 0 saturated heterocycles. The van der Waals surface area contributed by atoms with Crippen molar-refractivity contribution >= 4 is 5.69 Å². The monoisotopic (exact) mass is 371 g/mol. The van der Waals surface area contributed by atoms with Crippen LogP contribution in [-0.4, -0.2) is 11.5 Å². The van der Waals surface area contributed by atoms with Crippen LogP contribution in [0.2, 0.25) is 0 Å². The van der Waals surface area contributed by atoms with E-state index in [-0.39, 0.29) is 5.54 Å². The second-order valence-corrected chi connectivity index (χ2v) is 8.47. The van der Waals surface area contributed by atoms with E-state index in [9.17, 15) is 1.37 Å². The van der Waals surface area contributed by atoms with Gasteiger partial charge in [0.05, 0.1) is 19.3 Å². The van der Waals surface area contributed by atoms with Crippen molar-refractivity contribution in [2.75, 3.05) is 11.5 Å². The lowest BCUT2D eigenvalue weighted by Crippen LogP contribution is -2.48. The highest BCUT2D eigenvalue weighted by molar-refractivity contribution is 5.62. The van der Waals surface area contributed by atoms with Gasteiger partial charge in [0.2, 0.25) is 0 Å². The van der Waals surface area contributed by atoms with E-state index in [0.29, 0.717) is 5.92 Å². The van der Waals surface area contributed by atoms with Crippen molar-refractivity contribution in [2.45, 2.75) is 51.5 Å². The van der Waals surface area contributed by atoms with Gasteiger partial charge >= 0.3 is 0 Å². The zero-order valence-electron chi connectivity index (χ0n) is 17.9. The lowest BCUT2D eigenvalue weighted by molar-refractivity contribution is 0.104. The molecule has 1 fully saturated rings. The summed E-state index contributed by atoms with van der Waals surface area (Å²) in [5.74, 6) is 0.546. The van der Waals surface area contributed by atoms with Gasteiger partial charge < -0.3 is 9.80 Å². The summed E-state index contributed by atoms with van der Waals surface area (Å²) >= 11 is 0. The second kappa shape index (κ2) is 6.84. The van der Waals surface area contributed by atoms with Gasteiger partial charge in [-0.15, -0.1) is 0 Å². The summed E-state index contributed by atoms with van der Waals surface area (Å²) in [6.07, 6.45) is 11.1. The van der Waals surface area contributed by atoms with Crippen LogP contribution >= 0.6 is 0 Å². The molecule has 0 amide bonds. The van der Waals surface area contributed by atoms with Crippen LogP contribution in [0, 0.1) is 12.8 Å². The number of aryl methyl sites for hydroxylation is 1. The molecular formula is C26H30N2. The third kappa shape index (κ3) is 2.54. The standard InChI is InChI=1S/C26H30N2/c1-20-11-9-10-16-24(20)27-19-28-25(21(27)2)17-18-26(28,22-12-5-3-6-13-22)23-14-7-4-8-15-23/h3,5-6,9-13,16-18,23H,4,7-8,14-15,19H2,1-2H3/i19D. The molecule has 0 bridgehead atoms. The van der Waals surface area contributed by atoms with Crippen LogP contribution in [0.3, 0.4) is 0 Å². The molecule has 2 aliphatic heterocycles. The van der Waals surface area contributed by atoms with Gasteiger partial charge in [0.25, 0.3) is 0 Å². The number of nitrogens with zero attached hydrogens (tertiary/aromatic N) is 2. The van der Waals surface area contributed by atoms with Gasteiger partial charge in [-0.3, -0.25) is 0 Å². The first-order valence-corrected chi connectivity index (χ1v) is 10.7. The Hall–Kier alpha value is -2.48. The molecule has 2 nitrogen and oxygen atoms in total. The van der Waals surface area contributed by atoms with Crippen LogP contribution in [0.15, 0.2) is 78.1 Å². The van der Waals surface area contributed by atoms with Gasteiger partial charge in [0, 0.05) is 11.4 Å². The second-order valence-electron chi connectivity index (χ2n) is 8.47. The zero-order valence-corrected chi connectivity index (χ0v) is 16.9. The van der Waals surface area contributed by atoms with E-state index in [1.54, 1.807) is 0 Å². The summed E-state index contributed by atoms with van der Waals surface area (Å²) in [5, 5.41) is 0. The van der Waals surface area contributed by atoms with E-state index >= 15 is 0 Å². The number of hydrogen-bond acceptors (Lipinski definition) is 2. The molecule has 2 heterocycles. The van der Waals surface area contributed by atoms with Crippen LogP contribution in [0.4, 0.5) is 5.69 Å². The van der Waals surface area contributed by atoms with E-state index < -0.39 is 6.64 Å². The first-order chi connectivity index (χ1) is 14.1. The molecule has 144 valence electrons. The van der Waals surface area contributed by atoms with Gasteiger partial charge in [-0.2, -0.15) is 0 Å². The third-order valence-corrected chi connectivity index (χ3v) is 6.96. The molecule has 1 saturated carbocycles. The Balaban J connectivity index is 1.65. The van der Waals surface area contributed by atoms with E-state index in [2.05, 4.69) is 90.4 Å². The summed E-state index contributed by atoms with van der Waals surface area (Å²) in [5.41, 5.74) is 5.87. The molecular weight excluding hydrogens is 340 g/mol. The topological polar surface area (TPSA) is 6.48 Å². The average Bonchev–Trinajstić information content (AvgIpc) is 3.28. The lowest BCUT2D eigenvalue weighted by Gasteiger charge is -2.46. The number of rotatable bonds is 3. The van der Waals surface area contributed by atoms with E-state index in [4.69, 9.17) is 0 Å². The van der Waals surface area contributed by atoms with Crippen molar-refractivity contribution in [2.24, 2.45) is 5.92 Å². The van der Waals surface area contributed by atoms with Crippen LogP contribution in [0.25, 0.3) is 0 Å². The Kier molecular flexibility index (Phi) is 4.03. The zero-order chi connectivity index (χ0) is 20.0. The fraction of sp³-hybridized carbons (Fsp3) is 0.385. The number of allylic oxidation sites excluding steroid dienone is 2. The Morgan fingerprint density at radius 2 is 1.64 bits per heavy atom. The van der Waals surface area contributed by atoms with Crippen LogP contribution < -0.4 is 4.90 Å². The number of para-hydroxylation sites is 1. The molecule has 2 atom stereocenters. The van der Waals surface area contributed by atoms with Gasteiger partial charge in [0.15, 0.2) is 0 Å². The van der Waals surface area contributed by atoms with Gasteiger partial charge in [-0.05, 0) is 55.9 Å². The molecule has 3 aliphatic rings. The van der Waals surface area contributed by atoms with Gasteiger partial charge in [0.1, 0.15) is 0 Å². The SMILES string of the molecule is [2H]C1N(c2ccccc2C)C(C)=C2C=CC(c3ccccc3)(C3CCCCC3)N21. The quantitative estimate of drug-likeness (QED) is 0.620. The molecule has 0 aromatic heterocycles. The molecule has 2 aromatic carbocycles. The summed E-state index contributed by atoms with van der Waals surface area (Å²) in [6, 6.07) is 19.4. The Morgan fingerprint density at radius 1 is 0.929 bits per heavy atom. The predicted octanol–water partition coefficient (Wildman–Crippen LogP) is 6.35. The van der Waals surface area contributed by atoms with Crippen molar-refractivity contribution in [3.05, 3.63) is 89.3 Å². The predicted molar refractivity (Wildman–Crippen MR) is 117 cm³/mol. The maximum atomic E-state index is 9.38. The smallest absolute Gasteiger partial charge is 0.0961 e. The fourth-order valence-corrected chi connectivity index (χ4v) is 5.47. The highest BCUT2D eigenvalue weighted by atomic mass is 15.4. The summed E-state index contributed by atoms with van der Waals surface area (Å²) in [4.78, 5) is 4.62. The van der Waals surface area contributed by atoms with Gasteiger partial charge in [-0.25, -0.2) is 0 Å². The number of benzene rings is 2. The van der Waals surface area contributed by atoms with E-state index in [1.807, 2.05) is 0 Å². The van der Waals surface area contributed by atoms with Crippen molar-refractivity contribution in [3.8, 4) is 0 Å². The van der Waals surface area contributed by atoms with Gasteiger partial charge in [-0.1, -0.05) is 73.9 Å². The molecule has 2 unspecified atom stereocenters. The van der Waals surface area contributed by atoms with Crippen LogP contribution in [0.5, 0.6) is 0 Å². The molecule has 1 aliphatic carbocycles. The number of fused-ring (bicyclic) bond motifs is 1. The Morgan fingerprint density at radius 3 is 2.39 bits per heavy atom. The molecule has 5 rings (SSSR count). The van der Waals surface area contributed by atoms with Crippen LogP contribution in [-0.2, 0) is 5.54 Å². The van der Waals surface area contributed by atoms with E-state index in [1.165, 1.54) is 54.6 Å². The Labute approximate surface area is 170 Å². The third-order valence-electron chi connectivity index (χ3n) is 6.96. The minimum absolute atomic E-state index is 0.220. The number of anilines is 1. The molecule has 28 heavy (non-hydrogen) atoms. The lowest BCUT2D eigenvalue weighted by atomic mass is 9.71. The van der Waals surface area contributed by atoms with Crippen LogP contribution in [0.1, 0.15) is 51.5 Å². The maximum absolute atomic E-state index is 9.38.